The van der Waals surface area contributed by atoms with Crippen molar-refractivity contribution in [2.75, 3.05) is 0 Å². The lowest BCUT2D eigenvalue weighted by Gasteiger charge is -2.20. The Morgan fingerprint density at radius 3 is 1.10 bits per heavy atom. The lowest BCUT2D eigenvalue weighted by molar-refractivity contribution is 0.508. The van der Waals surface area contributed by atoms with Gasteiger partial charge in [-0.3, -0.25) is 0 Å². The van der Waals surface area contributed by atoms with E-state index in [9.17, 15) is 0 Å². The van der Waals surface area contributed by atoms with Crippen LogP contribution in [0.5, 0.6) is 0 Å². The molecule has 250 valence electrons. The van der Waals surface area contributed by atoms with Crippen LogP contribution in [0.3, 0.4) is 0 Å². The van der Waals surface area contributed by atoms with Crippen molar-refractivity contribution in [2.45, 2.75) is 51.9 Å². The number of fused-ring (bicyclic) bond motifs is 7. The van der Waals surface area contributed by atoms with E-state index in [-0.39, 0.29) is 12.1 Å². The van der Waals surface area contributed by atoms with E-state index in [1.807, 2.05) is 0 Å². The van der Waals surface area contributed by atoms with Crippen molar-refractivity contribution in [2.24, 2.45) is 0 Å². The zero-order chi connectivity index (χ0) is 34.3. The fraction of sp³-hybridized carbons (Fsp3) is 0.167. The number of furan rings is 1. The van der Waals surface area contributed by atoms with Crippen LogP contribution in [0, 0.1) is 0 Å². The molecular weight excluding hydrogens is 621 g/mol. The molecule has 0 aliphatic rings. The molecule has 1 aromatic heterocycles. The zero-order valence-corrected chi connectivity index (χ0v) is 29.2. The van der Waals surface area contributed by atoms with Crippen LogP contribution in [0.2, 0.25) is 0 Å². The Labute approximate surface area is 298 Å². The predicted octanol–water partition coefficient (Wildman–Crippen LogP) is 12.7. The second kappa shape index (κ2) is 13.3. The summed E-state index contributed by atoms with van der Waals surface area (Å²) in [7, 11) is 0. The first kappa shape index (κ1) is 31.5. The van der Waals surface area contributed by atoms with Gasteiger partial charge in [0.05, 0.1) is 0 Å². The maximum Gasteiger partial charge on any atom is 0.140 e. The Hall–Kier alpha value is -5.48. The molecule has 0 aliphatic heterocycles. The fourth-order valence-electron chi connectivity index (χ4n) is 8.41. The Morgan fingerprint density at radius 1 is 0.412 bits per heavy atom. The molecule has 0 aliphatic carbocycles. The van der Waals surface area contributed by atoms with Gasteiger partial charge in [-0.1, -0.05) is 147 Å². The summed E-state index contributed by atoms with van der Waals surface area (Å²) in [6.07, 6.45) is 1.90. The van der Waals surface area contributed by atoms with Crippen molar-refractivity contribution < 1.29 is 4.42 Å². The van der Waals surface area contributed by atoms with Crippen LogP contribution in [-0.2, 0) is 13.1 Å². The quantitative estimate of drug-likeness (QED) is 0.143. The predicted molar refractivity (Wildman–Crippen MR) is 216 cm³/mol. The number of rotatable bonds is 10. The van der Waals surface area contributed by atoms with Crippen molar-refractivity contribution in [3.05, 3.63) is 168 Å². The molecule has 1 heterocycles. The van der Waals surface area contributed by atoms with Gasteiger partial charge >= 0.3 is 0 Å². The van der Waals surface area contributed by atoms with Gasteiger partial charge in [0.25, 0.3) is 0 Å². The molecule has 51 heavy (non-hydrogen) atoms. The van der Waals surface area contributed by atoms with Gasteiger partial charge in [0, 0.05) is 47.1 Å². The van der Waals surface area contributed by atoms with Gasteiger partial charge in [-0.15, -0.1) is 0 Å². The van der Waals surface area contributed by atoms with Crippen LogP contribution in [0.1, 0.15) is 61.0 Å². The maximum absolute atomic E-state index is 6.99. The van der Waals surface area contributed by atoms with Gasteiger partial charge in [0.2, 0.25) is 0 Å². The molecular formula is C48H42N2O. The van der Waals surface area contributed by atoms with E-state index in [0.29, 0.717) is 0 Å². The summed E-state index contributed by atoms with van der Waals surface area (Å²) in [4.78, 5) is 0. The largest absolute Gasteiger partial charge is 0.455 e. The number of benzene rings is 8. The first-order chi connectivity index (χ1) is 25.2. The Bertz CT molecular complexity index is 2410. The van der Waals surface area contributed by atoms with Crippen molar-refractivity contribution in [1.82, 2.24) is 10.6 Å². The molecule has 0 unspecified atom stereocenters. The lowest BCUT2D eigenvalue weighted by atomic mass is 9.95. The van der Waals surface area contributed by atoms with E-state index in [0.717, 1.165) is 37.1 Å². The average Bonchev–Trinajstić information content (AvgIpc) is 3.57. The smallest absolute Gasteiger partial charge is 0.140 e. The van der Waals surface area contributed by atoms with Gasteiger partial charge < -0.3 is 15.1 Å². The standard InChI is InChI=1S/C48H42N2O/c1-3-45(49-29-43-35-19-9-5-15-31(35)27-32-16-6-10-20-36(32)43)41-25-13-23-39-40-24-14-26-42(48(40)51-47(39)41)46(4-2)50-30-44-37-21-11-7-17-33(37)28-34-18-8-12-22-38(34)44/h5-28,45-46,49-50H,3-4,29-30H2,1-2H3/t45-,46-/m1/s1. The first-order valence-electron chi connectivity index (χ1n) is 18.4. The molecule has 0 saturated carbocycles. The molecule has 0 saturated heterocycles. The monoisotopic (exact) mass is 662 g/mol. The molecule has 0 radical (unpaired) electrons. The highest BCUT2D eigenvalue weighted by atomic mass is 16.3. The minimum absolute atomic E-state index is 0.134. The molecule has 0 amide bonds. The first-order valence-corrected chi connectivity index (χ1v) is 18.4. The molecule has 2 atom stereocenters. The lowest BCUT2D eigenvalue weighted by Crippen LogP contribution is -2.21. The summed E-state index contributed by atoms with van der Waals surface area (Å²) in [5, 5.41) is 20.6. The van der Waals surface area contributed by atoms with Gasteiger partial charge in [-0.05, 0) is 79.2 Å². The second-order valence-electron chi connectivity index (χ2n) is 13.8. The van der Waals surface area contributed by atoms with E-state index in [4.69, 9.17) is 4.42 Å². The molecule has 0 fully saturated rings. The summed E-state index contributed by atoms with van der Waals surface area (Å²) in [5.74, 6) is 0. The summed E-state index contributed by atoms with van der Waals surface area (Å²) >= 11 is 0. The molecule has 2 N–H and O–H groups in total. The van der Waals surface area contributed by atoms with Crippen molar-refractivity contribution in [3.63, 3.8) is 0 Å². The Kier molecular flexibility index (Phi) is 8.24. The summed E-state index contributed by atoms with van der Waals surface area (Å²) in [5.41, 5.74) is 7.08. The third kappa shape index (κ3) is 5.54. The number of hydrogen-bond acceptors (Lipinski definition) is 3. The molecule has 0 bridgehead atoms. The second-order valence-corrected chi connectivity index (χ2v) is 13.8. The van der Waals surface area contributed by atoms with E-state index in [1.54, 1.807) is 0 Å². The molecule has 8 aromatic carbocycles. The number of nitrogens with one attached hydrogen (secondary N) is 2. The van der Waals surface area contributed by atoms with Crippen LogP contribution in [0.4, 0.5) is 0 Å². The molecule has 3 heteroatoms. The molecule has 9 rings (SSSR count). The third-order valence-electron chi connectivity index (χ3n) is 11.0. The van der Waals surface area contributed by atoms with Crippen molar-refractivity contribution in [1.29, 1.82) is 0 Å². The zero-order valence-electron chi connectivity index (χ0n) is 29.2. The minimum Gasteiger partial charge on any atom is -0.455 e. The molecule has 0 spiro atoms. The highest BCUT2D eigenvalue weighted by Crippen LogP contribution is 2.39. The SMILES string of the molecule is CC[C@@H](NCc1c2ccccc2cc2ccccc12)c1cccc2c1oc1c([C@@H](CC)NCc3c4ccccc4cc4ccccc34)cccc12. The minimum atomic E-state index is 0.134. The van der Waals surface area contributed by atoms with Crippen LogP contribution in [0.15, 0.2) is 150 Å². The maximum atomic E-state index is 6.99. The fourth-order valence-corrected chi connectivity index (χ4v) is 8.41. The van der Waals surface area contributed by atoms with Gasteiger partial charge in [0.15, 0.2) is 0 Å². The van der Waals surface area contributed by atoms with Crippen LogP contribution in [0.25, 0.3) is 65.0 Å². The van der Waals surface area contributed by atoms with E-state index in [2.05, 4.69) is 170 Å². The average molecular weight is 663 g/mol. The number of hydrogen-bond donors (Lipinski definition) is 2. The van der Waals surface area contributed by atoms with Crippen LogP contribution < -0.4 is 10.6 Å². The highest BCUT2D eigenvalue weighted by molar-refractivity contribution is 6.07. The normalized spacial score (nSPS) is 13.2. The Balaban J connectivity index is 1.07. The van der Waals surface area contributed by atoms with Gasteiger partial charge in [-0.25, -0.2) is 0 Å². The molecule has 9 aromatic rings. The third-order valence-corrected chi connectivity index (χ3v) is 11.0. The summed E-state index contributed by atoms with van der Waals surface area (Å²) in [6, 6.07) is 53.2. The van der Waals surface area contributed by atoms with E-state index >= 15 is 0 Å². The van der Waals surface area contributed by atoms with E-state index in [1.165, 1.54) is 76.1 Å². The van der Waals surface area contributed by atoms with Gasteiger partial charge in [-0.2, -0.15) is 0 Å². The summed E-state index contributed by atoms with van der Waals surface area (Å²) in [6.45, 7) is 6.07. The molecule has 3 nitrogen and oxygen atoms in total. The summed E-state index contributed by atoms with van der Waals surface area (Å²) < 4.78 is 6.99. The number of para-hydroxylation sites is 2. The highest BCUT2D eigenvalue weighted by Gasteiger charge is 2.22. The Morgan fingerprint density at radius 2 is 0.745 bits per heavy atom. The van der Waals surface area contributed by atoms with Crippen LogP contribution in [-0.4, -0.2) is 0 Å². The topological polar surface area (TPSA) is 37.2 Å². The van der Waals surface area contributed by atoms with Crippen molar-refractivity contribution in [3.8, 4) is 0 Å². The van der Waals surface area contributed by atoms with E-state index < -0.39 is 0 Å². The van der Waals surface area contributed by atoms with Crippen molar-refractivity contribution >= 4 is 65.0 Å². The van der Waals surface area contributed by atoms with Gasteiger partial charge in [0.1, 0.15) is 11.2 Å². The van der Waals surface area contributed by atoms with Crippen LogP contribution >= 0.6 is 0 Å².